The van der Waals surface area contributed by atoms with Gasteiger partial charge >= 0.3 is 0 Å². The second kappa shape index (κ2) is 3.12. The molecule has 0 aliphatic heterocycles. The van der Waals surface area contributed by atoms with Crippen LogP contribution in [0.1, 0.15) is 1.37 Å². The molecule has 0 atom stereocenters. The van der Waals surface area contributed by atoms with Crippen LogP contribution < -0.4 is 9.88 Å². The fourth-order valence-corrected chi connectivity index (χ4v) is 1.46. The molecule has 66 valence electrons. The second-order valence-corrected chi connectivity index (χ2v) is 3.64. The third-order valence-corrected chi connectivity index (χ3v) is 2.23. The molecule has 12 heavy (non-hydrogen) atoms. The van der Waals surface area contributed by atoms with Crippen molar-refractivity contribution in [2.75, 3.05) is 7.11 Å². The molecule has 0 amide bonds. The highest BCUT2D eigenvalue weighted by Gasteiger charge is 2.12. The fourth-order valence-electron chi connectivity index (χ4n) is 0.790. The van der Waals surface area contributed by atoms with Crippen LogP contribution in [0.4, 0.5) is 0 Å². The predicted molar refractivity (Wildman–Crippen MR) is 44.4 cm³/mol. The van der Waals surface area contributed by atoms with Gasteiger partial charge < -0.3 is 4.74 Å². The molecule has 0 radical (unpaired) electrons. The summed E-state index contributed by atoms with van der Waals surface area (Å²) in [5, 5.41) is 4.91. The number of hydrogen-bond donors (Lipinski definition) is 1. The number of ether oxygens (including phenoxy) is 1. The second-order valence-electron chi connectivity index (χ2n) is 2.11. The van der Waals surface area contributed by atoms with E-state index in [4.69, 9.17) is 11.2 Å². The van der Waals surface area contributed by atoms with Crippen molar-refractivity contribution in [2.24, 2.45) is 5.14 Å². The summed E-state index contributed by atoms with van der Waals surface area (Å²) in [5.74, 6) is -0.0231. The number of primary sulfonamides is 1. The van der Waals surface area contributed by atoms with Crippen LogP contribution in [0.2, 0.25) is 0 Å². The van der Waals surface area contributed by atoms with Gasteiger partial charge in [-0.2, -0.15) is 0 Å². The largest absolute Gasteiger partial charge is 0.495 e. The van der Waals surface area contributed by atoms with Gasteiger partial charge in [0.25, 0.3) is 0 Å². The van der Waals surface area contributed by atoms with E-state index >= 15 is 0 Å². The topological polar surface area (TPSA) is 69.4 Å². The molecular weight excluding hydrogens is 178 g/mol. The van der Waals surface area contributed by atoms with E-state index < -0.39 is 10.0 Å². The van der Waals surface area contributed by atoms with E-state index in [1.807, 2.05) is 0 Å². The molecule has 4 nitrogen and oxygen atoms in total. The third-order valence-electron chi connectivity index (χ3n) is 1.29. The Morgan fingerprint density at radius 1 is 1.58 bits per heavy atom. The maximum Gasteiger partial charge on any atom is 0.241 e. The Kier molecular flexibility index (Phi) is 1.97. The number of methoxy groups -OCH3 is 1. The van der Waals surface area contributed by atoms with Crippen molar-refractivity contribution in [3.8, 4) is 5.75 Å². The smallest absolute Gasteiger partial charge is 0.241 e. The van der Waals surface area contributed by atoms with Gasteiger partial charge in [0.15, 0.2) is 0 Å². The summed E-state index contributed by atoms with van der Waals surface area (Å²) in [6.45, 7) is 0. The lowest BCUT2D eigenvalue weighted by Crippen LogP contribution is -2.13. The van der Waals surface area contributed by atoms with Crippen molar-refractivity contribution >= 4 is 10.0 Å². The number of rotatable bonds is 2. The van der Waals surface area contributed by atoms with E-state index in [9.17, 15) is 8.42 Å². The zero-order valence-electron chi connectivity index (χ0n) is 7.44. The van der Waals surface area contributed by atoms with E-state index in [1.165, 1.54) is 25.3 Å². The first-order chi connectivity index (χ1) is 5.96. The Balaban J connectivity index is 3.47. The van der Waals surface area contributed by atoms with E-state index in [0.29, 0.717) is 0 Å². The van der Waals surface area contributed by atoms with E-state index in [1.54, 1.807) is 0 Å². The minimum absolute atomic E-state index is 0.00553. The molecule has 5 heteroatoms. The van der Waals surface area contributed by atoms with Crippen molar-refractivity contribution in [2.45, 2.75) is 4.90 Å². The molecule has 1 aromatic rings. The molecule has 1 aromatic carbocycles. The van der Waals surface area contributed by atoms with Crippen molar-refractivity contribution in [3.05, 3.63) is 24.2 Å². The minimum atomic E-state index is -3.81. The van der Waals surface area contributed by atoms with Gasteiger partial charge in [-0.05, 0) is 12.1 Å². The maximum absolute atomic E-state index is 11.0. The summed E-state index contributed by atoms with van der Waals surface area (Å²) < 4.78 is 34.1. The normalized spacial score (nSPS) is 12.3. The van der Waals surface area contributed by atoms with Crippen LogP contribution in [0, 0.1) is 0 Å². The Morgan fingerprint density at radius 2 is 2.25 bits per heavy atom. The van der Waals surface area contributed by atoms with Gasteiger partial charge in [-0.1, -0.05) is 12.1 Å². The van der Waals surface area contributed by atoms with Crippen LogP contribution in [0.5, 0.6) is 5.75 Å². The van der Waals surface area contributed by atoms with Gasteiger partial charge in [-0.15, -0.1) is 0 Å². The highest BCUT2D eigenvalue weighted by Crippen LogP contribution is 2.20. The Hall–Kier alpha value is -1.07. The molecule has 0 bridgehead atoms. The molecule has 0 saturated carbocycles. The summed E-state index contributed by atoms with van der Waals surface area (Å²) in [7, 11) is -2.52. The monoisotopic (exact) mass is 188 g/mol. The summed E-state index contributed by atoms with van der Waals surface area (Å²) >= 11 is 0. The molecule has 0 aliphatic rings. The van der Waals surface area contributed by atoms with Crippen molar-refractivity contribution in [1.82, 2.24) is 0 Å². The van der Waals surface area contributed by atoms with Crippen LogP contribution in [-0.2, 0) is 10.0 Å². The van der Waals surface area contributed by atoms with Gasteiger partial charge in [-0.25, -0.2) is 13.6 Å². The van der Waals surface area contributed by atoms with Crippen LogP contribution in [0.3, 0.4) is 0 Å². The summed E-state index contributed by atoms with van der Waals surface area (Å²) in [4.78, 5) is -0.164. The van der Waals surface area contributed by atoms with Gasteiger partial charge in [0, 0.05) is 0 Å². The molecule has 0 heterocycles. The maximum atomic E-state index is 11.0. The molecule has 1 rings (SSSR count). The summed E-state index contributed by atoms with van der Waals surface area (Å²) in [6.07, 6.45) is 0. The predicted octanol–water partition coefficient (Wildman–Crippen LogP) is 0.343. The number of sulfonamides is 1. The zero-order chi connectivity index (χ0) is 10.1. The van der Waals surface area contributed by atoms with Gasteiger partial charge in [0.1, 0.15) is 10.6 Å². The van der Waals surface area contributed by atoms with Crippen molar-refractivity contribution in [1.29, 1.82) is 0 Å². The number of hydrogen-bond acceptors (Lipinski definition) is 3. The van der Waals surface area contributed by atoms with E-state index in [0.717, 1.165) is 0 Å². The van der Waals surface area contributed by atoms with E-state index in [-0.39, 0.29) is 16.7 Å². The molecule has 0 fully saturated rings. The number of nitrogens with two attached hydrogens (primary N) is 1. The van der Waals surface area contributed by atoms with Crippen molar-refractivity contribution < 1.29 is 14.5 Å². The van der Waals surface area contributed by atoms with E-state index in [2.05, 4.69) is 0 Å². The lowest BCUT2D eigenvalue weighted by molar-refractivity contribution is 0.403. The molecule has 0 unspecified atom stereocenters. The molecule has 2 N–H and O–H groups in total. The van der Waals surface area contributed by atoms with Gasteiger partial charge in [0.2, 0.25) is 10.0 Å². The first-order valence-corrected chi connectivity index (χ1v) is 4.68. The molecule has 0 aliphatic carbocycles. The lowest BCUT2D eigenvalue weighted by Gasteiger charge is -2.04. The average Bonchev–Trinajstić information content (AvgIpc) is 2.02. The summed E-state index contributed by atoms with van der Waals surface area (Å²) in [6, 6.07) is 4.15. The zero-order valence-corrected chi connectivity index (χ0v) is 7.26. The van der Waals surface area contributed by atoms with Crippen LogP contribution in [0.15, 0.2) is 29.1 Å². The van der Waals surface area contributed by atoms with Crippen LogP contribution in [0.25, 0.3) is 0 Å². The first kappa shape index (κ1) is 7.57. The molecular formula is C7H9NO3S. The van der Waals surface area contributed by atoms with Crippen LogP contribution >= 0.6 is 0 Å². The highest BCUT2D eigenvalue weighted by atomic mass is 32.2. The number of benzene rings is 1. The molecule has 0 aromatic heterocycles. The Morgan fingerprint density at radius 3 is 2.67 bits per heavy atom. The number of para-hydroxylation sites is 1. The average molecular weight is 188 g/mol. The SMILES string of the molecule is [2H]c1cccc(S(N)(=O)=O)c1OC. The van der Waals surface area contributed by atoms with Crippen LogP contribution in [-0.4, -0.2) is 15.5 Å². The Bertz CT molecular complexity index is 416. The van der Waals surface area contributed by atoms with Gasteiger partial charge in [-0.3, -0.25) is 0 Å². The first-order valence-electron chi connectivity index (χ1n) is 3.63. The lowest BCUT2D eigenvalue weighted by atomic mass is 10.3. The third kappa shape index (κ3) is 1.75. The van der Waals surface area contributed by atoms with Crippen molar-refractivity contribution in [3.63, 3.8) is 0 Å². The minimum Gasteiger partial charge on any atom is -0.495 e. The highest BCUT2D eigenvalue weighted by molar-refractivity contribution is 7.89. The molecule has 0 spiro atoms. The Labute approximate surface area is 72.4 Å². The van der Waals surface area contributed by atoms with Gasteiger partial charge in [0.05, 0.1) is 8.48 Å². The summed E-state index contributed by atoms with van der Waals surface area (Å²) in [5.41, 5.74) is 0. The molecule has 0 saturated heterocycles. The standard InChI is InChI=1S/C7H9NO3S/c1-11-6-4-2-3-5-7(6)12(8,9)10/h2-5H,1H3,(H2,8,9,10)/i4D. The quantitative estimate of drug-likeness (QED) is 0.727. The fraction of sp³-hybridized carbons (Fsp3) is 0.143.